The lowest BCUT2D eigenvalue weighted by molar-refractivity contribution is 0.178. The van der Waals surface area contributed by atoms with E-state index in [2.05, 4.69) is 16.5 Å². The molecule has 6 heteroatoms. The first-order chi connectivity index (χ1) is 8.92. The molecule has 2 aliphatic rings. The first-order valence-electron chi connectivity index (χ1n) is 7.42. The van der Waals surface area contributed by atoms with Crippen LogP contribution in [0.3, 0.4) is 0 Å². The van der Waals surface area contributed by atoms with Crippen molar-refractivity contribution in [3.8, 4) is 0 Å². The molecule has 0 bridgehead atoms. The largest absolute Gasteiger partial charge is 0.300 e. The summed E-state index contributed by atoms with van der Waals surface area (Å²) < 4.78 is 28.3. The summed E-state index contributed by atoms with van der Waals surface area (Å²) in [5.74, 6) is 1.78. The Labute approximate surface area is 117 Å². The van der Waals surface area contributed by atoms with Crippen LogP contribution in [0.1, 0.15) is 33.6 Å². The molecule has 0 aromatic carbocycles. The maximum Gasteiger partial charge on any atom is 0.279 e. The van der Waals surface area contributed by atoms with Crippen molar-refractivity contribution in [2.75, 3.05) is 32.7 Å². The van der Waals surface area contributed by atoms with Gasteiger partial charge in [-0.3, -0.25) is 0 Å². The lowest BCUT2D eigenvalue weighted by Gasteiger charge is -2.34. The average Bonchev–Trinajstić information content (AvgIpc) is 3.06. The minimum atomic E-state index is -3.28. The van der Waals surface area contributed by atoms with E-state index in [-0.39, 0.29) is 6.04 Å². The van der Waals surface area contributed by atoms with Gasteiger partial charge in [-0.25, -0.2) is 0 Å². The smallest absolute Gasteiger partial charge is 0.279 e. The van der Waals surface area contributed by atoms with Gasteiger partial charge in [0.2, 0.25) is 0 Å². The van der Waals surface area contributed by atoms with Crippen LogP contribution in [0.4, 0.5) is 0 Å². The van der Waals surface area contributed by atoms with Crippen LogP contribution in [0.5, 0.6) is 0 Å². The molecule has 2 rings (SSSR count). The van der Waals surface area contributed by atoms with Crippen molar-refractivity contribution in [2.24, 2.45) is 11.8 Å². The van der Waals surface area contributed by atoms with E-state index in [0.29, 0.717) is 13.1 Å². The molecule has 19 heavy (non-hydrogen) atoms. The minimum Gasteiger partial charge on any atom is -0.300 e. The van der Waals surface area contributed by atoms with Crippen LogP contribution in [-0.2, 0) is 10.2 Å². The molecule has 1 aliphatic heterocycles. The maximum absolute atomic E-state index is 12.0. The Kier molecular flexibility index (Phi) is 4.87. The summed E-state index contributed by atoms with van der Waals surface area (Å²) in [6.45, 7) is 10.1. The van der Waals surface area contributed by atoms with Crippen LogP contribution >= 0.6 is 0 Å². The van der Waals surface area contributed by atoms with Gasteiger partial charge in [-0.15, -0.1) is 0 Å². The van der Waals surface area contributed by atoms with Crippen LogP contribution in [0.2, 0.25) is 0 Å². The third-order valence-corrected chi connectivity index (χ3v) is 5.96. The van der Waals surface area contributed by atoms with Crippen LogP contribution in [0.25, 0.3) is 0 Å². The fraction of sp³-hybridized carbons (Fsp3) is 1.00. The average molecular weight is 289 g/mol. The summed E-state index contributed by atoms with van der Waals surface area (Å²) in [5, 5.41) is 0. The quantitative estimate of drug-likeness (QED) is 0.790. The van der Waals surface area contributed by atoms with Crippen molar-refractivity contribution in [3.05, 3.63) is 0 Å². The predicted molar refractivity (Wildman–Crippen MR) is 77.1 cm³/mol. The first kappa shape index (κ1) is 15.2. The minimum absolute atomic E-state index is 0.0418. The van der Waals surface area contributed by atoms with Crippen LogP contribution in [0, 0.1) is 11.8 Å². The van der Waals surface area contributed by atoms with Gasteiger partial charge in [-0.1, -0.05) is 13.3 Å². The van der Waals surface area contributed by atoms with Crippen LogP contribution in [-0.4, -0.2) is 56.4 Å². The molecule has 0 unspecified atom stereocenters. The second-order valence-corrected chi connectivity index (χ2v) is 7.84. The molecule has 1 heterocycles. The molecule has 0 radical (unpaired) electrons. The molecular weight excluding hydrogens is 262 g/mol. The van der Waals surface area contributed by atoms with Gasteiger partial charge in [0.1, 0.15) is 0 Å². The Balaban J connectivity index is 1.76. The van der Waals surface area contributed by atoms with Crippen molar-refractivity contribution >= 4 is 10.2 Å². The number of hydrogen-bond donors (Lipinski definition) is 1. The molecule has 1 aliphatic carbocycles. The lowest BCUT2D eigenvalue weighted by atomic mass is 10.2. The van der Waals surface area contributed by atoms with Gasteiger partial charge in [0.15, 0.2) is 0 Å². The zero-order chi connectivity index (χ0) is 14.0. The fourth-order valence-electron chi connectivity index (χ4n) is 2.89. The van der Waals surface area contributed by atoms with Gasteiger partial charge in [0, 0.05) is 38.8 Å². The number of rotatable bonds is 6. The molecule has 2 atom stereocenters. The van der Waals surface area contributed by atoms with E-state index in [1.807, 2.05) is 13.8 Å². The Bertz CT molecular complexity index is 389. The Hall–Kier alpha value is -0.170. The highest BCUT2D eigenvalue weighted by atomic mass is 32.2. The number of hydrogen-bond acceptors (Lipinski definition) is 3. The Morgan fingerprint density at radius 2 is 1.79 bits per heavy atom. The molecular formula is C13H27N3O2S. The maximum atomic E-state index is 12.0. The Morgan fingerprint density at radius 1 is 1.16 bits per heavy atom. The third-order valence-electron chi connectivity index (χ3n) is 4.14. The summed E-state index contributed by atoms with van der Waals surface area (Å²) in [7, 11) is -3.28. The van der Waals surface area contributed by atoms with Gasteiger partial charge >= 0.3 is 0 Å². The van der Waals surface area contributed by atoms with E-state index in [4.69, 9.17) is 0 Å². The molecule has 0 aromatic rings. The molecule has 0 spiro atoms. The number of piperazine rings is 1. The normalized spacial score (nSPS) is 29.9. The van der Waals surface area contributed by atoms with E-state index >= 15 is 0 Å². The van der Waals surface area contributed by atoms with E-state index in [1.54, 1.807) is 4.31 Å². The van der Waals surface area contributed by atoms with Crippen molar-refractivity contribution in [2.45, 2.75) is 39.7 Å². The summed E-state index contributed by atoms with van der Waals surface area (Å²) in [4.78, 5) is 2.42. The zero-order valence-corrected chi connectivity index (χ0v) is 13.1. The predicted octanol–water partition coefficient (Wildman–Crippen LogP) is 0.893. The molecule has 112 valence electrons. The molecule has 2 fully saturated rings. The monoisotopic (exact) mass is 289 g/mol. The second kappa shape index (κ2) is 6.08. The lowest BCUT2D eigenvalue weighted by Crippen LogP contribution is -2.53. The molecule has 5 nitrogen and oxygen atoms in total. The van der Waals surface area contributed by atoms with Crippen molar-refractivity contribution in [3.63, 3.8) is 0 Å². The fourth-order valence-corrected chi connectivity index (χ4v) is 4.28. The van der Waals surface area contributed by atoms with Gasteiger partial charge in [0.05, 0.1) is 0 Å². The highest BCUT2D eigenvalue weighted by Crippen LogP contribution is 2.41. The Morgan fingerprint density at radius 3 is 2.26 bits per heavy atom. The molecule has 0 aromatic heterocycles. The SMILES string of the molecule is CC[C@@H]1C[C@H]1CN1CCN(S(=O)(=O)NC(C)C)CC1. The standard InChI is InChI=1S/C13H27N3O2S/c1-4-12-9-13(12)10-15-5-7-16(8-6-15)19(17,18)14-11(2)3/h11-14H,4-10H2,1-3H3/t12-,13+/m1/s1. The van der Waals surface area contributed by atoms with Gasteiger partial charge < -0.3 is 4.90 Å². The zero-order valence-electron chi connectivity index (χ0n) is 12.3. The summed E-state index contributed by atoms with van der Waals surface area (Å²) in [5.41, 5.74) is 0. The summed E-state index contributed by atoms with van der Waals surface area (Å²) >= 11 is 0. The molecule has 1 saturated carbocycles. The summed E-state index contributed by atoms with van der Waals surface area (Å²) in [6, 6.07) is -0.0418. The van der Waals surface area contributed by atoms with Crippen molar-refractivity contribution < 1.29 is 8.42 Å². The van der Waals surface area contributed by atoms with Crippen molar-refractivity contribution in [1.29, 1.82) is 0 Å². The topological polar surface area (TPSA) is 52.7 Å². The van der Waals surface area contributed by atoms with Crippen LogP contribution < -0.4 is 4.72 Å². The van der Waals surface area contributed by atoms with Crippen molar-refractivity contribution in [1.82, 2.24) is 13.9 Å². The van der Waals surface area contributed by atoms with Gasteiger partial charge in [0.25, 0.3) is 10.2 Å². The molecule has 1 saturated heterocycles. The van der Waals surface area contributed by atoms with E-state index in [9.17, 15) is 8.42 Å². The second-order valence-electron chi connectivity index (χ2n) is 6.14. The van der Waals surface area contributed by atoms with E-state index < -0.39 is 10.2 Å². The van der Waals surface area contributed by atoms with Crippen LogP contribution in [0.15, 0.2) is 0 Å². The number of nitrogens with one attached hydrogen (secondary N) is 1. The summed E-state index contributed by atoms with van der Waals surface area (Å²) in [6.07, 6.45) is 2.65. The molecule has 1 N–H and O–H groups in total. The first-order valence-corrected chi connectivity index (χ1v) is 8.86. The molecule has 0 amide bonds. The highest BCUT2D eigenvalue weighted by Gasteiger charge is 2.37. The highest BCUT2D eigenvalue weighted by molar-refractivity contribution is 7.87. The van der Waals surface area contributed by atoms with E-state index in [1.165, 1.54) is 12.8 Å². The van der Waals surface area contributed by atoms with Gasteiger partial charge in [-0.2, -0.15) is 17.4 Å². The number of nitrogens with zero attached hydrogens (tertiary/aromatic N) is 2. The van der Waals surface area contributed by atoms with E-state index in [0.717, 1.165) is 31.5 Å². The van der Waals surface area contributed by atoms with Gasteiger partial charge in [-0.05, 0) is 32.1 Å². The third kappa shape index (κ3) is 4.15.